The Hall–Kier alpha value is -4.10. The van der Waals surface area contributed by atoms with Gasteiger partial charge in [-0.25, -0.2) is 9.10 Å². The van der Waals surface area contributed by atoms with Crippen LogP contribution in [0.4, 0.5) is 4.79 Å². The van der Waals surface area contributed by atoms with Gasteiger partial charge in [-0.15, -0.1) is 12.6 Å². The van der Waals surface area contributed by atoms with Crippen molar-refractivity contribution in [2.75, 3.05) is 13.1 Å². The summed E-state index contributed by atoms with van der Waals surface area (Å²) in [5, 5.41) is 26.6. The summed E-state index contributed by atoms with van der Waals surface area (Å²) in [6.45, 7) is -1.28. The fourth-order valence-electron chi connectivity index (χ4n) is 2.86. The molecular formula is C17H22N8O9S2. The van der Waals surface area contributed by atoms with Crippen LogP contribution in [0.3, 0.4) is 0 Å². The number of nitrogens with zero attached hydrogens (tertiary/aromatic N) is 1. The fraction of sp³-hybridized carbons (Fsp3) is 0.294. The summed E-state index contributed by atoms with van der Waals surface area (Å²) in [5.74, 6) is -3.66. The zero-order valence-corrected chi connectivity index (χ0v) is 19.9. The highest BCUT2D eigenvalue weighted by Crippen LogP contribution is 2.23. The van der Waals surface area contributed by atoms with Crippen molar-refractivity contribution in [2.45, 2.75) is 18.6 Å². The summed E-state index contributed by atoms with van der Waals surface area (Å²) in [4.78, 5) is 62.0. The smallest absolute Gasteiger partial charge is 0.362 e. The second-order valence-corrected chi connectivity index (χ2v) is 8.69. The van der Waals surface area contributed by atoms with Crippen LogP contribution in [0.1, 0.15) is 5.69 Å². The monoisotopic (exact) mass is 546 g/mol. The number of hydrogen-bond donors (Lipinski definition) is 10. The standard InChI is InChI=1S/C17H22N8O9S2/c18-8(6-35)13(19)15(29)24-14-9(25(16(14)30)36(32,33)34)3-21-12(28)5-23-17(31)22-2-7-1-10(26)11(27)4-20-7/h1,4,6,9,14,19,27,35H,2-3,5,18H2,(H,20,26)(H,21,28)(H,24,29)(H2,22,23,31)(H,32,33,34)/b8-6-,19-13?/t9-,14+/m1/s1. The van der Waals surface area contributed by atoms with Crippen molar-refractivity contribution >= 4 is 52.4 Å². The highest BCUT2D eigenvalue weighted by molar-refractivity contribution is 7.84. The van der Waals surface area contributed by atoms with E-state index in [1.807, 2.05) is 0 Å². The fourth-order valence-corrected chi connectivity index (χ4v) is 3.87. The third-order valence-electron chi connectivity index (χ3n) is 4.67. The molecule has 0 aromatic carbocycles. The highest BCUT2D eigenvalue weighted by atomic mass is 32.2. The van der Waals surface area contributed by atoms with Crippen molar-refractivity contribution in [3.63, 3.8) is 0 Å². The number of amides is 5. The number of H-pyrrole nitrogens is 1. The number of hydrogen-bond acceptors (Lipinski definition) is 11. The minimum atomic E-state index is -5.03. The lowest BCUT2D eigenvalue weighted by Gasteiger charge is -2.44. The van der Waals surface area contributed by atoms with E-state index in [1.54, 1.807) is 0 Å². The first-order chi connectivity index (χ1) is 16.8. The topological polar surface area (TPSA) is 277 Å². The molecule has 36 heavy (non-hydrogen) atoms. The Labute approximate surface area is 208 Å². The molecule has 2 atom stereocenters. The van der Waals surface area contributed by atoms with Gasteiger partial charge in [0, 0.05) is 24.5 Å². The number of aromatic nitrogens is 1. The van der Waals surface area contributed by atoms with E-state index in [-0.39, 0.29) is 22.2 Å². The molecule has 19 heteroatoms. The quantitative estimate of drug-likeness (QED) is 0.0592. The Morgan fingerprint density at radius 1 is 1.25 bits per heavy atom. The second-order valence-electron chi connectivity index (χ2n) is 7.14. The van der Waals surface area contributed by atoms with Crippen LogP contribution in [0.5, 0.6) is 5.75 Å². The molecule has 1 aromatic heterocycles. The number of aromatic hydroxyl groups is 1. The van der Waals surface area contributed by atoms with Crippen LogP contribution in [-0.2, 0) is 31.2 Å². The number of thiol groups is 1. The number of carbonyl (C=O) groups excluding carboxylic acids is 4. The molecule has 0 spiro atoms. The Bertz CT molecular complexity index is 1280. The normalized spacial score (nSPS) is 17.6. The van der Waals surface area contributed by atoms with Crippen LogP contribution >= 0.6 is 12.6 Å². The van der Waals surface area contributed by atoms with Gasteiger partial charge in [0.15, 0.2) is 5.75 Å². The SMILES string of the molecule is N=C(C(=O)N[C@@H]1C(=O)N(S(=O)(=O)O)[C@@H]1CNC(=O)CNC(=O)NCc1cc(=O)c(O)c[nH]1)/C(N)=C/S. The number of nitrogens with two attached hydrogens (primary N) is 1. The lowest BCUT2D eigenvalue weighted by molar-refractivity contribution is -0.145. The lowest BCUT2D eigenvalue weighted by Crippen LogP contribution is -2.74. The molecule has 0 radical (unpaired) electrons. The molecule has 0 saturated carbocycles. The predicted molar refractivity (Wildman–Crippen MR) is 125 cm³/mol. The number of rotatable bonds is 10. The first-order valence-corrected chi connectivity index (χ1v) is 11.7. The van der Waals surface area contributed by atoms with Gasteiger partial charge in [0.1, 0.15) is 11.8 Å². The molecule has 0 aliphatic carbocycles. The van der Waals surface area contributed by atoms with Crippen molar-refractivity contribution in [3.05, 3.63) is 39.3 Å². The maximum Gasteiger partial charge on any atom is 0.362 e. The van der Waals surface area contributed by atoms with E-state index in [0.29, 0.717) is 0 Å². The molecule has 17 nitrogen and oxygen atoms in total. The van der Waals surface area contributed by atoms with Gasteiger partial charge in [-0.3, -0.25) is 29.1 Å². The molecule has 1 fully saturated rings. The Kier molecular flexibility index (Phi) is 9.03. The van der Waals surface area contributed by atoms with E-state index in [9.17, 15) is 42.0 Å². The van der Waals surface area contributed by atoms with E-state index in [4.69, 9.17) is 11.1 Å². The van der Waals surface area contributed by atoms with Crippen LogP contribution in [-0.4, -0.2) is 82.0 Å². The van der Waals surface area contributed by atoms with Gasteiger partial charge < -0.3 is 37.1 Å². The zero-order chi connectivity index (χ0) is 27.2. The molecular weight excluding hydrogens is 524 g/mol. The molecule has 1 aliphatic rings. The molecule has 10 N–H and O–H groups in total. The first kappa shape index (κ1) is 28.1. The van der Waals surface area contributed by atoms with E-state index >= 15 is 0 Å². The number of aromatic amines is 1. The molecule has 1 aliphatic heterocycles. The third-order valence-corrected chi connectivity index (χ3v) is 5.89. The van der Waals surface area contributed by atoms with Crippen molar-refractivity contribution in [1.82, 2.24) is 30.6 Å². The van der Waals surface area contributed by atoms with E-state index in [2.05, 4.69) is 38.9 Å². The summed E-state index contributed by atoms with van der Waals surface area (Å²) < 4.78 is 32.3. The average Bonchev–Trinajstić information content (AvgIpc) is 2.81. The van der Waals surface area contributed by atoms with Gasteiger partial charge in [-0.2, -0.15) is 8.42 Å². The number of nitrogens with one attached hydrogen (secondary N) is 6. The minimum Gasteiger partial charge on any atom is -0.503 e. The maximum absolute atomic E-state index is 12.1. The van der Waals surface area contributed by atoms with Gasteiger partial charge >= 0.3 is 16.3 Å². The van der Waals surface area contributed by atoms with Gasteiger partial charge in [-0.05, 0) is 5.41 Å². The van der Waals surface area contributed by atoms with Crippen LogP contribution in [0, 0.1) is 5.41 Å². The summed E-state index contributed by atoms with van der Waals surface area (Å²) in [6.07, 6.45) is 1.04. The van der Waals surface area contributed by atoms with Gasteiger partial charge in [0.25, 0.3) is 11.8 Å². The van der Waals surface area contributed by atoms with Crippen LogP contribution in [0.15, 0.2) is 28.2 Å². The van der Waals surface area contributed by atoms with Crippen LogP contribution < -0.4 is 32.4 Å². The number of carbonyl (C=O) groups is 4. The zero-order valence-electron chi connectivity index (χ0n) is 18.1. The number of urea groups is 1. The molecule has 2 rings (SSSR count). The second kappa shape index (κ2) is 11.6. The van der Waals surface area contributed by atoms with E-state index < -0.39 is 76.1 Å². The Morgan fingerprint density at radius 2 is 1.92 bits per heavy atom. The van der Waals surface area contributed by atoms with Gasteiger partial charge in [0.2, 0.25) is 11.3 Å². The Balaban J connectivity index is 1.90. The summed E-state index contributed by atoms with van der Waals surface area (Å²) in [6, 6.07) is -2.70. The first-order valence-electron chi connectivity index (χ1n) is 9.75. The molecule has 196 valence electrons. The van der Waals surface area contributed by atoms with Crippen molar-refractivity contribution < 1.29 is 37.3 Å². The van der Waals surface area contributed by atoms with E-state index in [1.165, 1.54) is 0 Å². The summed E-state index contributed by atoms with van der Waals surface area (Å²) in [5.41, 5.74) is 3.91. The number of pyridine rings is 1. The minimum absolute atomic E-state index is 0.0399. The van der Waals surface area contributed by atoms with Crippen molar-refractivity contribution in [3.8, 4) is 5.75 Å². The van der Waals surface area contributed by atoms with Crippen LogP contribution in [0.2, 0.25) is 0 Å². The summed E-state index contributed by atoms with van der Waals surface area (Å²) >= 11 is 3.69. The van der Waals surface area contributed by atoms with E-state index in [0.717, 1.165) is 17.7 Å². The highest BCUT2D eigenvalue weighted by Gasteiger charge is 2.54. The van der Waals surface area contributed by atoms with Crippen molar-refractivity contribution in [2.24, 2.45) is 5.73 Å². The molecule has 0 unspecified atom stereocenters. The molecule has 1 aromatic rings. The van der Waals surface area contributed by atoms with Gasteiger partial charge in [0.05, 0.1) is 24.8 Å². The summed E-state index contributed by atoms with van der Waals surface area (Å²) in [7, 11) is -5.03. The third kappa shape index (κ3) is 6.96. The average molecular weight is 547 g/mol. The molecule has 1 saturated heterocycles. The van der Waals surface area contributed by atoms with Crippen LogP contribution in [0.25, 0.3) is 0 Å². The number of β-lactam (4-membered cyclic amide) rings is 1. The lowest BCUT2D eigenvalue weighted by atomic mass is 9.98. The Morgan fingerprint density at radius 3 is 2.50 bits per heavy atom. The predicted octanol–water partition coefficient (Wildman–Crippen LogP) is -3.76. The molecule has 5 amide bonds. The largest absolute Gasteiger partial charge is 0.503 e. The molecule has 0 bridgehead atoms. The van der Waals surface area contributed by atoms with Gasteiger partial charge in [-0.1, -0.05) is 0 Å². The van der Waals surface area contributed by atoms with Crippen molar-refractivity contribution in [1.29, 1.82) is 5.41 Å². The maximum atomic E-state index is 12.1. The molecule has 2 heterocycles.